The van der Waals surface area contributed by atoms with E-state index in [-0.39, 0.29) is 12.3 Å². The molecule has 1 aromatic heterocycles. The molecule has 0 spiro atoms. The number of hydrogen-bond donors (Lipinski definition) is 1. The van der Waals surface area contributed by atoms with E-state index in [4.69, 9.17) is 10.1 Å². The number of nitrogens with zero attached hydrogens (tertiary/aromatic N) is 2. The zero-order valence-electron chi connectivity index (χ0n) is 8.43. The molecule has 4 nitrogen and oxygen atoms in total. The van der Waals surface area contributed by atoms with E-state index in [0.29, 0.717) is 0 Å². The van der Waals surface area contributed by atoms with E-state index in [0.717, 1.165) is 10.2 Å². The van der Waals surface area contributed by atoms with E-state index in [1.807, 2.05) is 24.3 Å². The minimum atomic E-state index is 0.176. The second kappa shape index (κ2) is 4.94. The largest absolute Gasteiger partial charge is 0.471 e. The van der Waals surface area contributed by atoms with Gasteiger partial charge < -0.3 is 4.74 Å². The van der Waals surface area contributed by atoms with Crippen molar-refractivity contribution in [2.75, 3.05) is 0 Å². The summed E-state index contributed by atoms with van der Waals surface area (Å²) in [6.07, 6.45) is 3.34. The Kier molecular flexibility index (Phi) is 3.36. The second-order valence-corrected chi connectivity index (χ2v) is 3.97. The predicted molar refractivity (Wildman–Crippen MR) is 62.9 cm³/mol. The Morgan fingerprint density at radius 2 is 2.12 bits per heavy atom. The van der Waals surface area contributed by atoms with Crippen LogP contribution >= 0.6 is 15.9 Å². The Bertz CT molecular complexity index is 539. The third kappa shape index (κ3) is 2.49. The van der Waals surface area contributed by atoms with E-state index >= 15 is 0 Å². The average molecular weight is 280 g/mol. The maximum absolute atomic E-state index is 7.55. The number of aromatic nitrogens is 2. The van der Waals surface area contributed by atoms with Gasteiger partial charge in [0.25, 0.3) is 0 Å². The fourth-order valence-electron chi connectivity index (χ4n) is 1.21. The lowest BCUT2D eigenvalue weighted by Gasteiger charge is -2.09. The van der Waals surface area contributed by atoms with Gasteiger partial charge in [-0.3, -0.25) is 9.98 Å². The number of halogens is 1. The molecule has 0 bridgehead atoms. The number of para-hydroxylation sites is 1. The molecular formula is C11H10BrN3O. The highest BCUT2D eigenvalue weighted by molar-refractivity contribution is 9.10. The first-order chi connectivity index (χ1) is 7.77. The molecule has 0 unspecified atom stereocenters. The SMILES string of the molecule is N=c1ncccn1COc1ccccc1Br. The highest BCUT2D eigenvalue weighted by Crippen LogP contribution is 2.23. The Morgan fingerprint density at radius 1 is 1.31 bits per heavy atom. The lowest BCUT2D eigenvalue weighted by Crippen LogP contribution is -2.24. The molecule has 0 aliphatic rings. The van der Waals surface area contributed by atoms with Crippen LogP contribution in [0.4, 0.5) is 0 Å². The van der Waals surface area contributed by atoms with Crippen LogP contribution in [0.5, 0.6) is 5.75 Å². The molecule has 0 saturated heterocycles. The maximum atomic E-state index is 7.55. The number of hydrogen-bond acceptors (Lipinski definition) is 3. The van der Waals surface area contributed by atoms with Crippen LogP contribution in [0.25, 0.3) is 0 Å². The molecule has 1 N–H and O–H groups in total. The molecule has 2 aromatic rings. The summed E-state index contributed by atoms with van der Waals surface area (Å²) in [6, 6.07) is 9.36. The normalized spacial score (nSPS) is 10.1. The Morgan fingerprint density at radius 3 is 2.88 bits per heavy atom. The summed E-state index contributed by atoms with van der Waals surface area (Å²) in [5.74, 6) is 0.748. The number of nitrogens with one attached hydrogen (secondary N) is 1. The van der Waals surface area contributed by atoms with Gasteiger partial charge in [0, 0.05) is 12.4 Å². The van der Waals surface area contributed by atoms with Gasteiger partial charge in [-0.05, 0) is 34.1 Å². The van der Waals surface area contributed by atoms with E-state index in [2.05, 4.69) is 20.9 Å². The summed E-state index contributed by atoms with van der Waals surface area (Å²) in [4.78, 5) is 3.85. The highest BCUT2D eigenvalue weighted by atomic mass is 79.9. The van der Waals surface area contributed by atoms with Crippen molar-refractivity contribution in [3.8, 4) is 5.75 Å². The molecule has 5 heteroatoms. The third-order valence-electron chi connectivity index (χ3n) is 2.02. The van der Waals surface area contributed by atoms with Crippen molar-refractivity contribution in [3.05, 3.63) is 52.8 Å². The molecule has 1 aromatic carbocycles. The molecule has 0 fully saturated rings. The third-order valence-corrected chi connectivity index (χ3v) is 2.67. The molecule has 82 valence electrons. The van der Waals surface area contributed by atoms with Crippen LogP contribution in [0.2, 0.25) is 0 Å². The summed E-state index contributed by atoms with van der Waals surface area (Å²) < 4.78 is 8.06. The van der Waals surface area contributed by atoms with Gasteiger partial charge in [-0.2, -0.15) is 0 Å². The molecule has 1 heterocycles. The summed E-state index contributed by atoms with van der Waals surface area (Å²) in [7, 11) is 0. The standard InChI is InChI=1S/C11H10BrN3O/c12-9-4-1-2-5-10(9)16-8-15-7-3-6-14-11(15)13/h1-7,13H,8H2. The average Bonchev–Trinajstić information content (AvgIpc) is 2.30. The molecule has 0 aliphatic heterocycles. The minimum absolute atomic E-state index is 0.176. The minimum Gasteiger partial charge on any atom is -0.471 e. The van der Waals surface area contributed by atoms with Gasteiger partial charge in [-0.1, -0.05) is 12.1 Å². The Hall–Kier alpha value is -1.62. The zero-order valence-corrected chi connectivity index (χ0v) is 10.0. The van der Waals surface area contributed by atoms with Crippen LogP contribution in [0.3, 0.4) is 0 Å². The predicted octanol–water partition coefficient (Wildman–Crippen LogP) is 2.16. The van der Waals surface area contributed by atoms with Crippen LogP contribution in [0.15, 0.2) is 47.2 Å². The van der Waals surface area contributed by atoms with Gasteiger partial charge in [0.15, 0.2) is 6.73 Å². The molecule has 16 heavy (non-hydrogen) atoms. The first-order valence-corrected chi connectivity index (χ1v) is 5.50. The smallest absolute Gasteiger partial charge is 0.224 e. The van der Waals surface area contributed by atoms with Crippen LogP contribution in [-0.2, 0) is 6.73 Å². The van der Waals surface area contributed by atoms with Crippen LogP contribution < -0.4 is 10.4 Å². The zero-order chi connectivity index (χ0) is 11.4. The molecule has 0 radical (unpaired) electrons. The van der Waals surface area contributed by atoms with Crippen molar-refractivity contribution in [2.24, 2.45) is 0 Å². The van der Waals surface area contributed by atoms with Crippen LogP contribution in [0.1, 0.15) is 0 Å². The monoisotopic (exact) mass is 279 g/mol. The van der Waals surface area contributed by atoms with Crippen molar-refractivity contribution in [1.82, 2.24) is 9.55 Å². The van der Waals surface area contributed by atoms with Crippen molar-refractivity contribution in [3.63, 3.8) is 0 Å². The van der Waals surface area contributed by atoms with Gasteiger partial charge >= 0.3 is 0 Å². The number of rotatable bonds is 3. The topological polar surface area (TPSA) is 50.9 Å². The van der Waals surface area contributed by atoms with E-state index < -0.39 is 0 Å². The maximum Gasteiger partial charge on any atom is 0.224 e. The van der Waals surface area contributed by atoms with E-state index in [1.165, 1.54) is 0 Å². The Labute approximate surface area is 101 Å². The van der Waals surface area contributed by atoms with Gasteiger partial charge in [-0.15, -0.1) is 0 Å². The van der Waals surface area contributed by atoms with E-state index in [1.54, 1.807) is 23.0 Å². The highest BCUT2D eigenvalue weighted by Gasteiger charge is 1.99. The molecule has 0 saturated carbocycles. The number of ether oxygens (including phenoxy) is 1. The molecular weight excluding hydrogens is 270 g/mol. The van der Waals surface area contributed by atoms with Crippen LogP contribution in [0, 0.1) is 5.41 Å². The fraction of sp³-hybridized carbons (Fsp3) is 0.0909. The molecule has 0 amide bonds. The van der Waals surface area contributed by atoms with Crippen molar-refractivity contribution in [2.45, 2.75) is 6.73 Å². The van der Waals surface area contributed by atoms with E-state index in [9.17, 15) is 0 Å². The fourth-order valence-corrected chi connectivity index (χ4v) is 1.61. The van der Waals surface area contributed by atoms with Gasteiger partial charge in [0.2, 0.25) is 5.62 Å². The summed E-state index contributed by atoms with van der Waals surface area (Å²) >= 11 is 3.39. The second-order valence-electron chi connectivity index (χ2n) is 3.12. The summed E-state index contributed by atoms with van der Waals surface area (Å²) in [5, 5.41) is 7.55. The summed E-state index contributed by atoms with van der Waals surface area (Å²) in [5.41, 5.74) is 0.176. The molecule has 0 aliphatic carbocycles. The first kappa shape index (κ1) is 10.9. The van der Waals surface area contributed by atoms with Crippen LogP contribution in [-0.4, -0.2) is 9.55 Å². The molecule has 0 atom stereocenters. The Balaban J connectivity index is 2.12. The quantitative estimate of drug-likeness (QED) is 0.936. The van der Waals surface area contributed by atoms with Gasteiger partial charge in [-0.25, -0.2) is 4.98 Å². The lowest BCUT2D eigenvalue weighted by atomic mass is 10.3. The lowest BCUT2D eigenvalue weighted by molar-refractivity contribution is 0.226. The van der Waals surface area contributed by atoms with Crippen molar-refractivity contribution < 1.29 is 4.74 Å². The summed E-state index contributed by atoms with van der Waals surface area (Å²) in [6.45, 7) is 0.273. The van der Waals surface area contributed by atoms with Crippen molar-refractivity contribution >= 4 is 15.9 Å². The first-order valence-electron chi connectivity index (χ1n) is 4.71. The van der Waals surface area contributed by atoms with Gasteiger partial charge in [0.05, 0.1) is 4.47 Å². The molecule has 2 rings (SSSR count). The number of benzene rings is 1. The van der Waals surface area contributed by atoms with Gasteiger partial charge in [0.1, 0.15) is 5.75 Å². The van der Waals surface area contributed by atoms with Crippen molar-refractivity contribution in [1.29, 1.82) is 5.41 Å².